The van der Waals surface area contributed by atoms with Crippen molar-refractivity contribution in [2.75, 3.05) is 13.1 Å². The first-order valence-corrected chi connectivity index (χ1v) is 5.72. The van der Waals surface area contributed by atoms with Gasteiger partial charge in [-0.2, -0.15) is 0 Å². The van der Waals surface area contributed by atoms with E-state index in [1.807, 2.05) is 0 Å². The number of hydrogen-bond acceptors (Lipinski definition) is 2. The molecule has 1 N–H and O–H groups in total. The summed E-state index contributed by atoms with van der Waals surface area (Å²) in [5, 5.41) is 3.50. The van der Waals surface area contributed by atoms with Crippen molar-refractivity contribution in [2.24, 2.45) is 10.9 Å². The fourth-order valence-corrected chi connectivity index (χ4v) is 2.34. The molecule has 0 radical (unpaired) electrons. The average Bonchev–Trinajstić information content (AvgIpc) is 2.69. The molecule has 2 heteroatoms. The summed E-state index contributed by atoms with van der Waals surface area (Å²) in [5.74, 6) is 2.20. The summed E-state index contributed by atoms with van der Waals surface area (Å²) in [6, 6.07) is 0. The van der Waals surface area contributed by atoms with E-state index in [4.69, 9.17) is 0 Å². The van der Waals surface area contributed by atoms with E-state index >= 15 is 0 Å². The fourth-order valence-electron chi connectivity index (χ4n) is 2.34. The molecule has 0 amide bonds. The first kappa shape index (κ1) is 9.04. The summed E-state index contributed by atoms with van der Waals surface area (Å²) in [7, 11) is 0. The van der Waals surface area contributed by atoms with E-state index in [0.29, 0.717) is 0 Å². The normalized spacial score (nSPS) is 24.5. The van der Waals surface area contributed by atoms with Crippen LogP contribution in [0.15, 0.2) is 4.99 Å². The van der Waals surface area contributed by atoms with Gasteiger partial charge in [-0.3, -0.25) is 4.99 Å². The predicted molar refractivity (Wildman–Crippen MR) is 56.1 cm³/mol. The number of hydrogen-bond donors (Lipinski definition) is 1. The summed E-state index contributed by atoms with van der Waals surface area (Å²) in [6.45, 7) is 2.23. The Morgan fingerprint density at radius 1 is 1.15 bits per heavy atom. The van der Waals surface area contributed by atoms with Crippen molar-refractivity contribution in [3.63, 3.8) is 0 Å². The van der Waals surface area contributed by atoms with Gasteiger partial charge in [0.25, 0.3) is 0 Å². The number of nitrogens with one attached hydrogen (secondary N) is 1. The maximum absolute atomic E-state index is 4.43. The Morgan fingerprint density at radius 3 is 2.69 bits per heavy atom. The summed E-state index contributed by atoms with van der Waals surface area (Å²) >= 11 is 0. The highest BCUT2D eigenvalue weighted by Gasteiger charge is 2.14. The Kier molecular flexibility index (Phi) is 3.22. The summed E-state index contributed by atoms with van der Waals surface area (Å²) in [5.41, 5.74) is 0. The van der Waals surface area contributed by atoms with Gasteiger partial charge in [-0.15, -0.1) is 0 Å². The highest BCUT2D eigenvalue weighted by molar-refractivity contribution is 5.83. The molecule has 1 aliphatic carbocycles. The van der Waals surface area contributed by atoms with Crippen LogP contribution in [0, 0.1) is 5.92 Å². The van der Waals surface area contributed by atoms with Crippen molar-refractivity contribution in [1.82, 2.24) is 5.32 Å². The second-order valence-electron chi connectivity index (χ2n) is 4.32. The molecule has 74 valence electrons. The summed E-state index contributed by atoms with van der Waals surface area (Å²) in [6.07, 6.45) is 9.65. The molecular weight excluding hydrogens is 160 g/mol. The van der Waals surface area contributed by atoms with Crippen molar-refractivity contribution in [3.05, 3.63) is 0 Å². The van der Waals surface area contributed by atoms with Crippen LogP contribution in [-0.4, -0.2) is 18.9 Å². The molecule has 2 nitrogen and oxygen atoms in total. The Labute approximate surface area is 80.8 Å². The van der Waals surface area contributed by atoms with Gasteiger partial charge < -0.3 is 5.32 Å². The van der Waals surface area contributed by atoms with Crippen LogP contribution in [0.5, 0.6) is 0 Å². The van der Waals surface area contributed by atoms with E-state index in [-0.39, 0.29) is 0 Å². The van der Waals surface area contributed by atoms with Crippen molar-refractivity contribution in [3.8, 4) is 0 Å². The van der Waals surface area contributed by atoms with Gasteiger partial charge in [0.2, 0.25) is 0 Å². The van der Waals surface area contributed by atoms with Gasteiger partial charge in [0.05, 0.1) is 5.84 Å². The Morgan fingerprint density at radius 2 is 2.00 bits per heavy atom. The Hall–Kier alpha value is -0.530. The molecule has 2 rings (SSSR count). The first-order valence-electron chi connectivity index (χ1n) is 5.72. The van der Waals surface area contributed by atoms with E-state index < -0.39 is 0 Å². The molecule has 0 saturated heterocycles. The minimum absolute atomic E-state index is 0.928. The lowest BCUT2D eigenvalue weighted by atomic mass is 9.89. The molecule has 0 aromatic carbocycles. The Bertz CT molecular complexity index is 181. The zero-order chi connectivity index (χ0) is 8.93. The molecule has 0 aromatic rings. The van der Waals surface area contributed by atoms with Gasteiger partial charge in [0.1, 0.15) is 0 Å². The van der Waals surface area contributed by atoms with Gasteiger partial charge >= 0.3 is 0 Å². The third-order valence-electron chi connectivity index (χ3n) is 3.19. The quantitative estimate of drug-likeness (QED) is 0.693. The van der Waals surface area contributed by atoms with Crippen LogP contribution in [0.4, 0.5) is 0 Å². The predicted octanol–water partition coefficient (Wildman–Crippen LogP) is 2.35. The van der Waals surface area contributed by atoms with Gasteiger partial charge in [-0.1, -0.05) is 19.3 Å². The number of aliphatic imine (C=N–C) groups is 1. The van der Waals surface area contributed by atoms with Crippen molar-refractivity contribution in [1.29, 1.82) is 0 Å². The molecule has 0 spiro atoms. The molecule has 0 aromatic heterocycles. The van der Waals surface area contributed by atoms with Crippen LogP contribution in [0.3, 0.4) is 0 Å². The number of amidine groups is 1. The monoisotopic (exact) mass is 180 g/mol. The van der Waals surface area contributed by atoms with Crippen LogP contribution in [0.25, 0.3) is 0 Å². The minimum Gasteiger partial charge on any atom is -0.374 e. The van der Waals surface area contributed by atoms with E-state index in [2.05, 4.69) is 10.3 Å². The molecule has 13 heavy (non-hydrogen) atoms. The highest BCUT2D eigenvalue weighted by Crippen LogP contribution is 2.22. The van der Waals surface area contributed by atoms with Gasteiger partial charge in [0, 0.05) is 19.5 Å². The van der Waals surface area contributed by atoms with Gasteiger partial charge in [-0.05, 0) is 25.2 Å². The highest BCUT2D eigenvalue weighted by atomic mass is 15.0. The van der Waals surface area contributed by atoms with Crippen molar-refractivity contribution >= 4 is 5.84 Å². The molecule has 2 aliphatic rings. The molecule has 1 heterocycles. The summed E-state index contributed by atoms with van der Waals surface area (Å²) in [4.78, 5) is 4.43. The second kappa shape index (κ2) is 4.64. The average molecular weight is 180 g/mol. The van der Waals surface area contributed by atoms with Crippen LogP contribution >= 0.6 is 0 Å². The van der Waals surface area contributed by atoms with Crippen LogP contribution in [0.1, 0.15) is 44.9 Å². The van der Waals surface area contributed by atoms with Crippen LogP contribution in [-0.2, 0) is 0 Å². The molecule has 0 bridgehead atoms. The zero-order valence-electron chi connectivity index (χ0n) is 8.39. The lowest BCUT2D eigenvalue weighted by Crippen LogP contribution is -2.29. The van der Waals surface area contributed by atoms with Gasteiger partial charge in [0.15, 0.2) is 0 Å². The van der Waals surface area contributed by atoms with Crippen LogP contribution < -0.4 is 5.32 Å². The maximum Gasteiger partial charge on any atom is 0.0963 e. The molecular formula is C11H20N2. The van der Waals surface area contributed by atoms with E-state index in [1.165, 1.54) is 57.3 Å². The largest absolute Gasteiger partial charge is 0.374 e. The lowest BCUT2D eigenvalue weighted by molar-refractivity contribution is 0.356. The van der Waals surface area contributed by atoms with E-state index in [0.717, 1.165) is 12.5 Å². The second-order valence-corrected chi connectivity index (χ2v) is 4.32. The molecule has 0 atom stereocenters. The van der Waals surface area contributed by atoms with E-state index in [1.54, 1.807) is 0 Å². The van der Waals surface area contributed by atoms with Gasteiger partial charge in [-0.25, -0.2) is 0 Å². The van der Waals surface area contributed by atoms with Crippen LogP contribution in [0.2, 0.25) is 0 Å². The zero-order valence-corrected chi connectivity index (χ0v) is 8.39. The third kappa shape index (κ3) is 2.71. The van der Waals surface area contributed by atoms with Crippen molar-refractivity contribution in [2.45, 2.75) is 44.9 Å². The van der Waals surface area contributed by atoms with E-state index in [9.17, 15) is 0 Å². The standard InChI is InChI=1S/C11H20N2/c1-2-5-10(6-3-1)9-13-11-7-4-8-12-11/h10H,1-9H2,(H,12,13). The summed E-state index contributed by atoms with van der Waals surface area (Å²) < 4.78 is 0. The first-order chi connectivity index (χ1) is 6.45. The smallest absolute Gasteiger partial charge is 0.0963 e. The maximum atomic E-state index is 4.43. The SMILES string of the molecule is C1CCC(CNC2=NCCC2)CC1. The molecule has 0 unspecified atom stereocenters. The van der Waals surface area contributed by atoms with Crippen molar-refractivity contribution < 1.29 is 0 Å². The number of rotatable bonds is 2. The molecule has 1 saturated carbocycles. The molecule has 1 fully saturated rings. The molecule has 1 aliphatic heterocycles. The Balaban J connectivity index is 1.66. The lowest BCUT2D eigenvalue weighted by Gasteiger charge is -2.22. The minimum atomic E-state index is 0.928. The topological polar surface area (TPSA) is 24.4 Å². The number of nitrogens with zero attached hydrogens (tertiary/aromatic N) is 1. The third-order valence-corrected chi connectivity index (χ3v) is 3.19. The fraction of sp³-hybridized carbons (Fsp3) is 0.909.